The van der Waals surface area contributed by atoms with Crippen molar-refractivity contribution in [2.24, 2.45) is 28.7 Å². The number of carbonyl (C=O) groups is 7. The van der Waals surface area contributed by atoms with Gasteiger partial charge in [0.25, 0.3) is 0 Å². The number of aliphatic carboxylic acids is 1. The van der Waals surface area contributed by atoms with Crippen LogP contribution in [0.3, 0.4) is 0 Å². The first-order valence-corrected chi connectivity index (χ1v) is 17.1. The van der Waals surface area contributed by atoms with Crippen molar-refractivity contribution >= 4 is 41.4 Å². The molecule has 1 aromatic carbocycles. The summed E-state index contributed by atoms with van der Waals surface area (Å²) < 4.78 is 0. The highest BCUT2D eigenvalue weighted by Crippen LogP contribution is 2.07. The van der Waals surface area contributed by atoms with Crippen LogP contribution in [0.1, 0.15) is 38.2 Å². The van der Waals surface area contributed by atoms with E-state index in [0.29, 0.717) is 5.56 Å². The average molecular weight is 754 g/mol. The van der Waals surface area contributed by atoms with Gasteiger partial charge in [-0.25, -0.2) is 4.79 Å². The highest BCUT2D eigenvalue weighted by Gasteiger charge is 2.35. The Morgan fingerprint density at radius 1 is 0.585 bits per heavy atom. The van der Waals surface area contributed by atoms with E-state index in [-0.39, 0.29) is 58.3 Å². The maximum Gasteiger partial charge on any atom is 0.328 e. The maximum atomic E-state index is 13.7. The number of aliphatic hydroxyl groups excluding tert-OH is 2. The Bertz CT molecular complexity index is 1350. The number of hydrogen-bond donors (Lipinski definition) is 14. The van der Waals surface area contributed by atoms with Crippen LogP contribution in [0.5, 0.6) is 0 Å². The van der Waals surface area contributed by atoms with E-state index in [2.05, 4.69) is 31.9 Å². The van der Waals surface area contributed by atoms with Crippen LogP contribution in [0.15, 0.2) is 30.3 Å². The maximum absolute atomic E-state index is 13.7. The topological polar surface area (TPSA) is 382 Å². The molecule has 19 N–H and O–H groups in total. The van der Waals surface area contributed by atoms with Crippen molar-refractivity contribution in [3.63, 3.8) is 0 Å². The fourth-order valence-corrected chi connectivity index (χ4v) is 4.88. The second-order valence-corrected chi connectivity index (χ2v) is 12.2. The van der Waals surface area contributed by atoms with Crippen LogP contribution in [0.4, 0.5) is 0 Å². The third-order valence-corrected chi connectivity index (χ3v) is 7.85. The predicted molar refractivity (Wildman–Crippen MR) is 191 cm³/mol. The van der Waals surface area contributed by atoms with Gasteiger partial charge in [0, 0.05) is 6.42 Å². The van der Waals surface area contributed by atoms with Crippen molar-refractivity contribution in [3.8, 4) is 0 Å². The molecule has 0 saturated carbocycles. The number of carbonyl (C=O) groups excluding carboxylic acids is 6. The predicted octanol–water partition coefficient (Wildman–Crippen LogP) is -6.68. The van der Waals surface area contributed by atoms with Gasteiger partial charge in [0.2, 0.25) is 35.4 Å². The lowest BCUT2D eigenvalue weighted by Crippen LogP contribution is -2.62. The summed E-state index contributed by atoms with van der Waals surface area (Å²) in [5, 5.41) is 43.3. The molecule has 21 nitrogen and oxygen atoms in total. The normalized spacial score (nSPS) is 15.5. The molecular weight excluding hydrogens is 698 g/mol. The van der Waals surface area contributed by atoms with E-state index in [4.69, 9.17) is 33.8 Å². The Balaban J connectivity index is 3.25. The minimum absolute atomic E-state index is 0.00866. The molecule has 0 bridgehead atoms. The van der Waals surface area contributed by atoms with Crippen LogP contribution >= 0.6 is 0 Å². The Kier molecular flexibility index (Phi) is 21.4. The molecule has 298 valence electrons. The lowest BCUT2D eigenvalue weighted by atomic mass is 10.0. The zero-order valence-electron chi connectivity index (χ0n) is 29.7. The third-order valence-electron chi connectivity index (χ3n) is 7.85. The number of aliphatic hydroxyl groups is 2. The molecule has 0 aliphatic carbocycles. The third kappa shape index (κ3) is 16.2. The van der Waals surface area contributed by atoms with E-state index in [1.807, 2.05) is 0 Å². The largest absolute Gasteiger partial charge is 0.480 e. The van der Waals surface area contributed by atoms with E-state index < -0.39 is 96.4 Å². The molecule has 0 unspecified atom stereocenters. The van der Waals surface area contributed by atoms with Crippen LogP contribution < -0.4 is 60.6 Å². The first-order valence-electron chi connectivity index (χ1n) is 17.1. The molecule has 0 saturated heterocycles. The molecule has 6 amide bonds. The standard InChI is InChI=1S/C32H55N11O10/c1-17(45)25(31(51)40-22(10-14-36)27(47)39-21(9-13-35)29(49)42-24(16-44)32(52)53)43-30(50)23(15-18-5-3-2-4-6-18)41-28(48)20(8-12-34)38-26(46)19(37)7-11-33/h2-6,17,19-25,44-45H,7-16,33-37H2,1H3,(H,38,46)(H,39,47)(H,40,51)(H,41,48)(H,42,49)(H,43,50)(H,52,53)/t17-,19+,20+,21+,22+,23-,24+,25+/m1/s1. The molecule has 0 aliphatic heterocycles. The van der Waals surface area contributed by atoms with Gasteiger partial charge in [-0.3, -0.25) is 28.8 Å². The second kappa shape index (κ2) is 24.5. The second-order valence-electron chi connectivity index (χ2n) is 12.2. The summed E-state index contributed by atoms with van der Waals surface area (Å²) in [5.41, 5.74) is 28.8. The molecule has 0 aliphatic rings. The molecule has 0 heterocycles. The Hall–Kier alpha value is -4.77. The molecule has 1 aromatic rings. The van der Waals surface area contributed by atoms with Gasteiger partial charge < -0.3 is 75.9 Å². The SMILES string of the molecule is C[C@@H](O)[C@H](NC(=O)[C@@H](Cc1ccccc1)NC(=O)[C@H](CCN)NC(=O)[C@@H](N)CCN)C(=O)N[C@@H](CCN)C(=O)N[C@@H](CCN)C(=O)N[C@@H](CO)C(=O)O. The summed E-state index contributed by atoms with van der Waals surface area (Å²) in [7, 11) is 0. The Labute approximate surface area is 306 Å². The van der Waals surface area contributed by atoms with Crippen molar-refractivity contribution in [3.05, 3.63) is 35.9 Å². The smallest absolute Gasteiger partial charge is 0.328 e. The zero-order chi connectivity index (χ0) is 40.1. The molecule has 53 heavy (non-hydrogen) atoms. The molecule has 0 radical (unpaired) electrons. The number of rotatable bonds is 25. The Morgan fingerprint density at radius 3 is 1.40 bits per heavy atom. The van der Waals surface area contributed by atoms with Crippen LogP contribution in [0.25, 0.3) is 0 Å². The number of carboxylic acids is 1. The summed E-state index contributed by atoms with van der Waals surface area (Å²) in [6.45, 7) is 0.155. The molecule has 8 atom stereocenters. The van der Waals surface area contributed by atoms with E-state index in [0.717, 1.165) is 0 Å². The molecular formula is C32H55N11O10. The number of hydrogen-bond acceptors (Lipinski definition) is 14. The number of nitrogens with two attached hydrogens (primary N) is 5. The first-order chi connectivity index (χ1) is 25.1. The van der Waals surface area contributed by atoms with Gasteiger partial charge in [0.1, 0.15) is 36.3 Å². The van der Waals surface area contributed by atoms with Gasteiger partial charge in [-0.05, 0) is 64.3 Å². The van der Waals surface area contributed by atoms with Crippen LogP contribution in [0, 0.1) is 0 Å². The number of benzene rings is 1. The summed E-state index contributed by atoms with van der Waals surface area (Å²) in [6.07, 6.45) is -1.78. The van der Waals surface area contributed by atoms with E-state index >= 15 is 0 Å². The van der Waals surface area contributed by atoms with Crippen molar-refractivity contribution in [2.75, 3.05) is 32.8 Å². The zero-order valence-corrected chi connectivity index (χ0v) is 29.7. The molecule has 21 heteroatoms. The van der Waals surface area contributed by atoms with Crippen molar-refractivity contribution in [1.29, 1.82) is 0 Å². The lowest BCUT2D eigenvalue weighted by Gasteiger charge is -2.28. The van der Waals surface area contributed by atoms with Gasteiger partial charge in [-0.15, -0.1) is 0 Å². The van der Waals surface area contributed by atoms with Crippen LogP contribution in [-0.4, -0.2) is 138 Å². The number of amides is 6. The highest BCUT2D eigenvalue weighted by atomic mass is 16.4. The number of carboxylic acid groups (broad SMARTS) is 1. The number of nitrogens with one attached hydrogen (secondary N) is 6. The Morgan fingerprint density at radius 2 is 0.981 bits per heavy atom. The lowest BCUT2D eigenvalue weighted by molar-refractivity contribution is -0.143. The van der Waals surface area contributed by atoms with Gasteiger partial charge in [-0.2, -0.15) is 0 Å². The highest BCUT2D eigenvalue weighted by molar-refractivity contribution is 5.97. The molecule has 0 spiro atoms. The quantitative estimate of drug-likeness (QED) is 0.0441. The van der Waals surface area contributed by atoms with Crippen LogP contribution in [-0.2, 0) is 40.0 Å². The molecule has 1 rings (SSSR count). The summed E-state index contributed by atoms with van der Waals surface area (Å²) >= 11 is 0. The van der Waals surface area contributed by atoms with Gasteiger partial charge in [0.15, 0.2) is 0 Å². The van der Waals surface area contributed by atoms with Crippen LogP contribution in [0.2, 0.25) is 0 Å². The van der Waals surface area contributed by atoms with Gasteiger partial charge >= 0.3 is 5.97 Å². The monoisotopic (exact) mass is 753 g/mol. The summed E-state index contributed by atoms with van der Waals surface area (Å²) in [6, 6.07) is -1.10. The van der Waals surface area contributed by atoms with Gasteiger partial charge in [0.05, 0.1) is 18.8 Å². The molecule has 0 aromatic heterocycles. The summed E-state index contributed by atoms with van der Waals surface area (Å²) in [5.74, 6) is -6.76. The minimum Gasteiger partial charge on any atom is -0.480 e. The van der Waals surface area contributed by atoms with Crippen molar-refractivity contribution in [2.45, 2.75) is 87.4 Å². The van der Waals surface area contributed by atoms with Gasteiger partial charge in [-0.1, -0.05) is 30.3 Å². The fourth-order valence-electron chi connectivity index (χ4n) is 4.88. The van der Waals surface area contributed by atoms with Crippen molar-refractivity contribution in [1.82, 2.24) is 31.9 Å². The van der Waals surface area contributed by atoms with E-state index in [1.54, 1.807) is 30.3 Å². The minimum atomic E-state index is -1.68. The fraction of sp³-hybridized carbons (Fsp3) is 0.594. The first kappa shape index (κ1) is 46.3. The average Bonchev–Trinajstić information content (AvgIpc) is 3.11. The van der Waals surface area contributed by atoms with Crippen molar-refractivity contribution < 1.29 is 48.9 Å². The van der Waals surface area contributed by atoms with E-state index in [9.17, 15) is 43.8 Å². The molecule has 0 fully saturated rings. The summed E-state index contributed by atoms with van der Waals surface area (Å²) in [4.78, 5) is 90.4. The van der Waals surface area contributed by atoms with E-state index in [1.165, 1.54) is 6.92 Å².